The van der Waals surface area contributed by atoms with Gasteiger partial charge in [0.25, 0.3) is 0 Å². The van der Waals surface area contributed by atoms with E-state index in [2.05, 4.69) is 279 Å². The van der Waals surface area contributed by atoms with Crippen LogP contribution in [0.3, 0.4) is 0 Å². The topological polar surface area (TPSA) is 0 Å². The highest BCUT2D eigenvalue weighted by Gasteiger charge is 2.22. The molecule has 338 valence electrons. The zero-order valence-corrected chi connectivity index (χ0v) is 41.0. The van der Waals surface area contributed by atoms with Crippen molar-refractivity contribution in [2.24, 2.45) is 0 Å². The SMILES string of the molecule is c1ccc(-c2cc(-c3ccccc3)cc(-c3c4ccc(-c5ccc(-c6ccccc6)s5)cc4c(-c4cc(-c5ccccc5)cc(-c5ccccc5)c4)c4ccc(-c5ccc(-c6ccccc6)s5)cc34)c2)cc1. The minimum absolute atomic E-state index is 1.18. The average Bonchev–Trinajstić information content (AvgIpc) is 4.18. The van der Waals surface area contributed by atoms with Crippen molar-refractivity contribution < 1.29 is 0 Å². The van der Waals surface area contributed by atoms with Gasteiger partial charge < -0.3 is 0 Å². The molecule has 0 aliphatic heterocycles. The molecule has 2 heteroatoms. The molecular formula is C70H46S2. The minimum Gasteiger partial charge on any atom is -0.135 e. The van der Waals surface area contributed by atoms with E-state index in [1.165, 1.54) is 130 Å². The molecule has 0 saturated heterocycles. The summed E-state index contributed by atoms with van der Waals surface area (Å²) in [5, 5.41) is 4.86. The second-order valence-corrected chi connectivity index (χ2v) is 20.6. The van der Waals surface area contributed by atoms with E-state index in [1.807, 2.05) is 22.7 Å². The maximum absolute atomic E-state index is 2.48. The fourth-order valence-electron chi connectivity index (χ4n) is 10.4. The van der Waals surface area contributed by atoms with E-state index >= 15 is 0 Å². The van der Waals surface area contributed by atoms with Gasteiger partial charge in [-0.25, -0.2) is 0 Å². The number of hydrogen-bond acceptors (Lipinski definition) is 2. The first-order valence-corrected chi connectivity index (χ1v) is 26.2. The van der Waals surface area contributed by atoms with E-state index in [4.69, 9.17) is 0 Å². The Hall–Kier alpha value is -8.66. The summed E-state index contributed by atoms with van der Waals surface area (Å²) in [6.45, 7) is 0. The fraction of sp³-hybridized carbons (Fsp3) is 0. The molecule has 0 bridgehead atoms. The van der Waals surface area contributed by atoms with E-state index in [0.717, 1.165) is 0 Å². The van der Waals surface area contributed by atoms with Crippen molar-refractivity contribution in [2.45, 2.75) is 0 Å². The highest BCUT2D eigenvalue weighted by atomic mass is 32.1. The van der Waals surface area contributed by atoms with E-state index in [0.29, 0.717) is 0 Å². The first-order chi connectivity index (χ1) is 35.7. The summed E-state index contributed by atoms with van der Waals surface area (Å²) in [6.07, 6.45) is 0. The zero-order valence-electron chi connectivity index (χ0n) is 39.4. The van der Waals surface area contributed by atoms with Gasteiger partial charge in [0.2, 0.25) is 0 Å². The lowest BCUT2D eigenvalue weighted by Crippen LogP contribution is -1.94. The van der Waals surface area contributed by atoms with Gasteiger partial charge >= 0.3 is 0 Å². The third-order valence-electron chi connectivity index (χ3n) is 13.9. The monoisotopic (exact) mass is 950 g/mol. The quantitative estimate of drug-likeness (QED) is 0.120. The molecule has 0 nitrogen and oxygen atoms in total. The predicted molar refractivity (Wildman–Crippen MR) is 312 cm³/mol. The van der Waals surface area contributed by atoms with Crippen molar-refractivity contribution in [1.82, 2.24) is 0 Å². The Morgan fingerprint density at radius 3 is 0.694 bits per heavy atom. The number of thiophene rings is 2. The molecule has 2 heterocycles. The molecule has 0 aliphatic rings. The summed E-state index contributed by atoms with van der Waals surface area (Å²) >= 11 is 3.71. The van der Waals surface area contributed by atoms with Crippen LogP contribution in [0.5, 0.6) is 0 Å². The normalized spacial score (nSPS) is 11.3. The van der Waals surface area contributed by atoms with Crippen LogP contribution < -0.4 is 0 Å². The summed E-state index contributed by atoms with van der Waals surface area (Å²) < 4.78 is 0. The maximum Gasteiger partial charge on any atom is 0.0349 e. The number of benzene rings is 11. The first kappa shape index (κ1) is 43.4. The molecule has 0 saturated carbocycles. The van der Waals surface area contributed by atoms with Crippen LogP contribution in [0.15, 0.2) is 279 Å². The Morgan fingerprint density at radius 2 is 0.403 bits per heavy atom. The molecule has 0 unspecified atom stereocenters. The van der Waals surface area contributed by atoms with E-state index < -0.39 is 0 Å². The molecule has 13 rings (SSSR count). The van der Waals surface area contributed by atoms with Crippen LogP contribution in [0.25, 0.3) is 130 Å². The van der Waals surface area contributed by atoms with Crippen molar-refractivity contribution in [3.63, 3.8) is 0 Å². The molecule has 11 aromatic carbocycles. The van der Waals surface area contributed by atoms with Gasteiger partial charge in [0.1, 0.15) is 0 Å². The molecule has 0 amide bonds. The predicted octanol–water partition coefficient (Wildman–Crippen LogP) is 20.8. The average molecular weight is 951 g/mol. The van der Waals surface area contributed by atoms with E-state index in [9.17, 15) is 0 Å². The zero-order chi connectivity index (χ0) is 47.8. The largest absolute Gasteiger partial charge is 0.135 e. The molecule has 0 N–H and O–H groups in total. The lowest BCUT2D eigenvalue weighted by atomic mass is 9.82. The molecule has 2 aromatic heterocycles. The van der Waals surface area contributed by atoms with Crippen LogP contribution in [-0.4, -0.2) is 0 Å². The van der Waals surface area contributed by atoms with Gasteiger partial charge in [0, 0.05) is 19.5 Å². The van der Waals surface area contributed by atoms with Crippen LogP contribution in [0.2, 0.25) is 0 Å². The molecule has 0 radical (unpaired) electrons. The number of rotatable bonds is 10. The van der Waals surface area contributed by atoms with Crippen molar-refractivity contribution in [3.05, 3.63) is 279 Å². The minimum atomic E-state index is 1.18. The van der Waals surface area contributed by atoms with Crippen LogP contribution in [-0.2, 0) is 0 Å². The van der Waals surface area contributed by atoms with Gasteiger partial charge in [-0.3, -0.25) is 0 Å². The molecule has 0 fully saturated rings. The maximum atomic E-state index is 2.48. The van der Waals surface area contributed by atoms with Crippen molar-refractivity contribution in [1.29, 1.82) is 0 Å². The summed E-state index contributed by atoms with van der Waals surface area (Å²) in [4.78, 5) is 5.00. The Labute approximate surface area is 429 Å². The lowest BCUT2D eigenvalue weighted by molar-refractivity contribution is 1.57. The summed E-state index contributed by atoms with van der Waals surface area (Å²) in [7, 11) is 0. The van der Waals surface area contributed by atoms with Crippen molar-refractivity contribution >= 4 is 44.2 Å². The van der Waals surface area contributed by atoms with Crippen molar-refractivity contribution in [2.75, 3.05) is 0 Å². The van der Waals surface area contributed by atoms with Gasteiger partial charge in [0.15, 0.2) is 0 Å². The van der Waals surface area contributed by atoms with Crippen LogP contribution in [0.1, 0.15) is 0 Å². The van der Waals surface area contributed by atoms with Crippen molar-refractivity contribution in [3.8, 4) is 109 Å². The third kappa shape index (κ3) is 8.37. The van der Waals surface area contributed by atoms with E-state index in [1.54, 1.807) is 0 Å². The fourth-order valence-corrected chi connectivity index (χ4v) is 12.4. The van der Waals surface area contributed by atoms with Crippen LogP contribution in [0, 0.1) is 0 Å². The second kappa shape index (κ2) is 18.9. The standard InChI is InChI=1S/C70H46S2/c1-7-19-47(20-8-1)55-39-56(48-21-9-2-10-22-48)42-59(41-55)69-61-33-31-54(68-38-36-66(72-68)52-29-17-6-18-30-52)46-64(61)70(60-43-57(49-23-11-3-12-24-49)40-58(44-60)50-25-13-4-14-26-50)62-34-32-53(45-63(62)69)67-37-35-65(71-67)51-27-15-5-16-28-51/h1-46H. The Morgan fingerprint density at radius 1 is 0.153 bits per heavy atom. The number of fused-ring (bicyclic) bond motifs is 2. The van der Waals surface area contributed by atoms with Gasteiger partial charge in [0.05, 0.1) is 0 Å². The Bertz CT molecular complexity index is 3660. The van der Waals surface area contributed by atoms with Crippen LogP contribution >= 0.6 is 22.7 Å². The molecule has 13 aromatic rings. The summed E-state index contributed by atoms with van der Waals surface area (Å²) in [5.74, 6) is 0. The Balaban J connectivity index is 1.14. The Kier molecular flexibility index (Phi) is 11.4. The summed E-state index contributed by atoms with van der Waals surface area (Å²) in [6, 6.07) is 103. The van der Waals surface area contributed by atoms with Gasteiger partial charge in [-0.1, -0.05) is 206 Å². The molecular weight excluding hydrogens is 905 g/mol. The molecule has 72 heavy (non-hydrogen) atoms. The van der Waals surface area contributed by atoms with E-state index in [-0.39, 0.29) is 0 Å². The third-order valence-corrected chi connectivity index (χ3v) is 16.3. The van der Waals surface area contributed by atoms with Gasteiger partial charge in [-0.05, 0) is 183 Å². The highest BCUT2D eigenvalue weighted by Crippen LogP contribution is 2.50. The van der Waals surface area contributed by atoms with Crippen LogP contribution in [0.4, 0.5) is 0 Å². The lowest BCUT2D eigenvalue weighted by Gasteiger charge is -2.21. The summed E-state index contributed by atoms with van der Waals surface area (Å²) in [5.41, 5.74) is 19.2. The number of hydrogen-bond donors (Lipinski definition) is 0. The smallest absolute Gasteiger partial charge is 0.0349 e. The highest BCUT2D eigenvalue weighted by molar-refractivity contribution is 7.19. The van der Waals surface area contributed by atoms with Gasteiger partial charge in [-0.2, -0.15) is 0 Å². The molecule has 0 atom stereocenters. The first-order valence-electron chi connectivity index (χ1n) is 24.5. The van der Waals surface area contributed by atoms with Gasteiger partial charge in [-0.15, -0.1) is 22.7 Å². The molecule has 0 aliphatic carbocycles. The second-order valence-electron chi connectivity index (χ2n) is 18.4. The molecule has 0 spiro atoms.